The van der Waals surface area contributed by atoms with Gasteiger partial charge in [0, 0.05) is 56.4 Å². The first-order valence-electron chi connectivity index (χ1n) is 11.5. The number of anilines is 1. The number of piperazine rings is 1. The number of aromatic nitrogens is 5. The summed E-state index contributed by atoms with van der Waals surface area (Å²) < 4.78 is 42.3. The predicted octanol–water partition coefficient (Wildman–Crippen LogP) is 4.10. The van der Waals surface area contributed by atoms with Gasteiger partial charge in [0.25, 0.3) is 0 Å². The Morgan fingerprint density at radius 2 is 1.73 bits per heavy atom. The van der Waals surface area contributed by atoms with Crippen LogP contribution in [0.25, 0.3) is 0 Å². The Bertz CT molecular complexity index is 926. The molecular weight excluding hydrogens is 451 g/mol. The molecule has 4 rings (SSSR count). The molecule has 0 spiro atoms. The Labute approximate surface area is 197 Å². The molecule has 0 N–H and O–H groups in total. The van der Waals surface area contributed by atoms with Crippen LogP contribution in [0, 0.1) is 0 Å². The second-order valence-corrected chi connectivity index (χ2v) is 10.9. The van der Waals surface area contributed by atoms with Crippen LogP contribution in [0.3, 0.4) is 0 Å². The van der Waals surface area contributed by atoms with Crippen molar-refractivity contribution in [1.29, 1.82) is 0 Å². The minimum atomic E-state index is -4.49. The fourth-order valence-corrected chi connectivity index (χ4v) is 4.72. The van der Waals surface area contributed by atoms with Gasteiger partial charge in [-0.3, -0.25) is 4.90 Å². The van der Waals surface area contributed by atoms with Gasteiger partial charge in [-0.25, -0.2) is 9.97 Å². The van der Waals surface area contributed by atoms with Gasteiger partial charge >= 0.3 is 6.18 Å². The normalized spacial score (nSPS) is 18.2. The van der Waals surface area contributed by atoms with Gasteiger partial charge in [-0.1, -0.05) is 32.5 Å². The largest absolute Gasteiger partial charge is 0.433 e. The molecule has 33 heavy (non-hydrogen) atoms. The predicted molar refractivity (Wildman–Crippen MR) is 123 cm³/mol. The first-order chi connectivity index (χ1) is 15.5. The van der Waals surface area contributed by atoms with Crippen molar-refractivity contribution in [3.05, 3.63) is 23.4 Å². The van der Waals surface area contributed by atoms with E-state index in [0.29, 0.717) is 24.8 Å². The molecule has 2 aromatic rings. The maximum absolute atomic E-state index is 13.4. The molecule has 0 atom stereocenters. The van der Waals surface area contributed by atoms with Crippen molar-refractivity contribution < 1.29 is 13.2 Å². The van der Waals surface area contributed by atoms with E-state index in [-0.39, 0.29) is 5.82 Å². The van der Waals surface area contributed by atoms with E-state index in [1.807, 2.05) is 32.7 Å². The highest BCUT2D eigenvalue weighted by atomic mass is 32.2. The van der Waals surface area contributed by atoms with Crippen molar-refractivity contribution in [1.82, 2.24) is 29.6 Å². The molecule has 2 aliphatic rings. The molecule has 0 bridgehead atoms. The van der Waals surface area contributed by atoms with E-state index in [2.05, 4.69) is 29.6 Å². The van der Waals surface area contributed by atoms with Crippen LogP contribution in [-0.2, 0) is 18.6 Å². The average Bonchev–Trinajstić information content (AvgIpc) is 3.53. The molecule has 11 heteroatoms. The maximum Gasteiger partial charge on any atom is 0.433 e. The summed E-state index contributed by atoms with van der Waals surface area (Å²) in [6.45, 7) is 9.35. The van der Waals surface area contributed by atoms with Crippen LogP contribution >= 0.6 is 11.8 Å². The molecule has 1 aliphatic carbocycles. The molecular formula is C22H32F3N7S. The van der Waals surface area contributed by atoms with Crippen LogP contribution in [-0.4, -0.2) is 68.1 Å². The van der Waals surface area contributed by atoms with Crippen LogP contribution < -0.4 is 4.90 Å². The second-order valence-electron chi connectivity index (χ2n) is 9.89. The maximum atomic E-state index is 13.4. The van der Waals surface area contributed by atoms with Crippen molar-refractivity contribution in [3.63, 3.8) is 0 Å². The van der Waals surface area contributed by atoms with Crippen molar-refractivity contribution in [2.24, 2.45) is 7.05 Å². The monoisotopic (exact) mass is 483 g/mol. The number of hydrogen-bond acceptors (Lipinski definition) is 7. The van der Waals surface area contributed by atoms with Gasteiger partial charge in [-0.2, -0.15) is 13.2 Å². The zero-order chi connectivity index (χ0) is 23.8. The molecule has 3 heterocycles. The van der Waals surface area contributed by atoms with E-state index >= 15 is 0 Å². The summed E-state index contributed by atoms with van der Waals surface area (Å²) in [5, 5.41) is 9.61. The summed E-state index contributed by atoms with van der Waals surface area (Å²) in [4.78, 5) is 12.6. The van der Waals surface area contributed by atoms with Crippen LogP contribution in [0.2, 0.25) is 0 Å². The summed E-state index contributed by atoms with van der Waals surface area (Å²) in [7, 11) is 2.04. The molecule has 182 valence electrons. The molecule has 0 aromatic carbocycles. The van der Waals surface area contributed by atoms with Crippen molar-refractivity contribution >= 4 is 17.6 Å². The van der Waals surface area contributed by atoms with Crippen LogP contribution in [0.5, 0.6) is 0 Å². The Morgan fingerprint density at radius 3 is 2.33 bits per heavy atom. The number of halogens is 3. The van der Waals surface area contributed by atoms with Gasteiger partial charge in [0.1, 0.15) is 23.2 Å². The SMILES string of the molecule is Cn1c(SCCCN2CCN(c3cc(C(F)(F)F)nc(C(C)(C)C)n3)CC2)nnc1C1CC1. The Kier molecular flexibility index (Phi) is 6.91. The molecule has 0 radical (unpaired) electrons. The first-order valence-corrected chi connectivity index (χ1v) is 12.5. The number of hydrogen-bond donors (Lipinski definition) is 0. The van der Waals surface area contributed by atoms with E-state index in [4.69, 9.17) is 0 Å². The molecule has 1 saturated heterocycles. The fourth-order valence-electron chi connectivity index (χ4n) is 3.88. The average molecular weight is 484 g/mol. The van der Waals surface area contributed by atoms with Crippen LogP contribution in [0.4, 0.5) is 19.0 Å². The highest BCUT2D eigenvalue weighted by Gasteiger charge is 2.36. The van der Waals surface area contributed by atoms with Gasteiger partial charge < -0.3 is 9.47 Å². The highest BCUT2D eigenvalue weighted by molar-refractivity contribution is 7.99. The molecule has 1 saturated carbocycles. The van der Waals surface area contributed by atoms with E-state index < -0.39 is 17.3 Å². The number of alkyl halides is 3. The van der Waals surface area contributed by atoms with E-state index in [1.54, 1.807) is 11.8 Å². The van der Waals surface area contributed by atoms with Gasteiger partial charge in [0.2, 0.25) is 0 Å². The number of nitrogens with zero attached hydrogens (tertiary/aromatic N) is 7. The molecule has 0 amide bonds. The van der Waals surface area contributed by atoms with Crippen molar-refractivity contribution in [3.8, 4) is 0 Å². The van der Waals surface area contributed by atoms with E-state index in [0.717, 1.165) is 48.9 Å². The summed E-state index contributed by atoms with van der Waals surface area (Å²) in [5.41, 5.74) is -1.43. The van der Waals surface area contributed by atoms with Crippen LogP contribution in [0.15, 0.2) is 11.2 Å². The molecule has 2 fully saturated rings. The summed E-state index contributed by atoms with van der Waals surface area (Å²) in [6, 6.07) is 1.08. The van der Waals surface area contributed by atoms with E-state index in [1.165, 1.54) is 12.8 Å². The highest BCUT2D eigenvalue weighted by Crippen LogP contribution is 2.39. The molecule has 2 aromatic heterocycles. The van der Waals surface area contributed by atoms with Crippen molar-refractivity contribution in [2.45, 2.75) is 62.7 Å². The van der Waals surface area contributed by atoms with E-state index in [9.17, 15) is 13.2 Å². The molecule has 1 aliphatic heterocycles. The minimum absolute atomic E-state index is 0.223. The third kappa shape index (κ3) is 5.98. The third-order valence-corrected chi connectivity index (χ3v) is 7.14. The topological polar surface area (TPSA) is 63.0 Å². The Balaban J connectivity index is 1.28. The second kappa shape index (κ2) is 9.40. The smallest absolute Gasteiger partial charge is 0.354 e. The quantitative estimate of drug-likeness (QED) is 0.434. The van der Waals surface area contributed by atoms with Gasteiger partial charge in [0.15, 0.2) is 5.16 Å². The van der Waals surface area contributed by atoms with Gasteiger partial charge in [-0.15, -0.1) is 10.2 Å². The lowest BCUT2D eigenvalue weighted by Crippen LogP contribution is -2.47. The third-order valence-electron chi connectivity index (χ3n) is 6.03. The van der Waals surface area contributed by atoms with Crippen molar-refractivity contribution in [2.75, 3.05) is 43.4 Å². The lowest BCUT2D eigenvalue weighted by atomic mass is 9.95. The summed E-state index contributed by atoms with van der Waals surface area (Å²) in [6.07, 6.45) is -1.03. The lowest BCUT2D eigenvalue weighted by Gasteiger charge is -2.36. The molecule has 7 nitrogen and oxygen atoms in total. The number of thioether (sulfide) groups is 1. The summed E-state index contributed by atoms with van der Waals surface area (Å²) in [5.74, 6) is 3.25. The Hall–Kier alpha value is -1.88. The summed E-state index contributed by atoms with van der Waals surface area (Å²) >= 11 is 1.74. The Morgan fingerprint density at radius 1 is 1.03 bits per heavy atom. The van der Waals surface area contributed by atoms with Gasteiger partial charge in [0.05, 0.1) is 0 Å². The van der Waals surface area contributed by atoms with Gasteiger partial charge in [-0.05, 0) is 25.8 Å². The first kappa shape index (κ1) is 24.3. The number of rotatable bonds is 7. The minimum Gasteiger partial charge on any atom is -0.354 e. The zero-order valence-electron chi connectivity index (χ0n) is 19.7. The standard InChI is InChI=1S/C22H32F3N7S/c1-21(2,3)19-26-16(22(23,24)25)14-17(27-19)32-11-9-31(10-12-32)8-5-13-33-20-29-28-18(30(20)4)15-6-7-15/h14-15H,5-13H2,1-4H3. The lowest BCUT2D eigenvalue weighted by molar-refractivity contribution is -0.141. The molecule has 0 unspecified atom stereocenters. The van der Waals surface area contributed by atoms with Crippen LogP contribution in [0.1, 0.15) is 63.3 Å². The fraction of sp³-hybridized carbons (Fsp3) is 0.727. The zero-order valence-corrected chi connectivity index (χ0v) is 20.5.